The molecule has 0 bridgehead atoms. The SMILES string of the molecule is FC(F)(F)Cn1nc(I)c2ccccc21. The zero-order valence-corrected chi connectivity index (χ0v) is 9.58. The van der Waals surface area contributed by atoms with E-state index in [2.05, 4.69) is 5.10 Å². The van der Waals surface area contributed by atoms with Crippen LogP contribution in [0.25, 0.3) is 10.9 Å². The van der Waals surface area contributed by atoms with Crippen LogP contribution in [0.1, 0.15) is 0 Å². The quantitative estimate of drug-likeness (QED) is 0.736. The Bertz CT molecular complexity index is 490. The summed E-state index contributed by atoms with van der Waals surface area (Å²) in [5, 5.41) is 4.61. The van der Waals surface area contributed by atoms with Crippen molar-refractivity contribution < 1.29 is 13.2 Å². The number of benzene rings is 1. The molecular weight excluding hydrogens is 320 g/mol. The summed E-state index contributed by atoms with van der Waals surface area (Å²) in [5.41, 5.74) is 0.513. The maximum atomic E-state index is 12.2. The second-order valence-electron chi connectivity index (χ2n) is 3.08. The van der Waals surface area contributed by atoms with Crippen molar-refractivity contribution in [2.45, 2.75) is 12.7 Å². The standard InChI is InChI=1S/C9H6F3IN2/c10-9(11,12)5-15-7-4-2-1-3-6(7)8(13)14-15/h1-4H,5H2. The van der Waals surface area contributed by atoms with Crippen molar-refractivity contribution >= 4 is 33.5 Å². The van der Waals surface area contributed by atoms with Gasteiger partial charge < -0.3 is 0 Å². The van der Waals surface area contributed by atoms with Gasteiger partial charge in [-0.15, -0.1) is 0 Å². The van der Waals surface area contributed by atoms with Crippen molar-refractivity contribution in [1.82, 2.24) is 9.78 Å². The van der Waals surface area contributed by atoms with E-state index in [9.17, 15) is 13.2 Å². The molecule has 0 spiro atoms. The van der Waals surface area contributed by atoms with Gasteiger partial charge in [-0.2, -0.15) is 18.3 Å². The van der Waals surface area contributed by atoms with Crippen LogP contribution in [0, 0.1) is 3.70 Å². The maximum absolute atomic E-state index is 12.2. The first-order chi connectivity index (χ1) is 6.97. The number of para-hydroxylation sites is 1. The fourth-order valence-electron chi connectivity index (χ4n) is 1.38. The monoisotopic (exact) mass is 326 g/mol. The van der Waals surface area contributed by atoms with Crippen LogP contribution in [0.2, 0.25) is 0 Å². The molecule has 1 aromatic carbocycles. The van der Waals surface area contributed by atoms with Crippen LogP contribution in [-0.2, 0) is 6.54 Å². The first-order valence-corrected chi connectivity index (χ1v) is 5.23. The molecule has 0 saturated carbocycles. The summed E-state index contributed by atoms with van der Waals surface area (Å²) in [6, 6.07) is 6.88. The molecule has 1 aromatic heterocycles. The molecule has 0 unspecified atom stereocenters. The molecule has 0 aliphatic rings. The van der Waals surface area contributed by atoms with Gasteiger partial charge in [-0.05, 0) is 28.7 Å². The van der Waals surface area contributed by atoms with Crippen molar-refractivity contribution in [2.75, 3.05) is 0 Å². The van der Waals surface area contributed by atoms with Gasteiger partial charge in [0.25, 0.3) is 0 Å². The first-order valence-electron chi connectivity index (χ1n) is 4.15. The average molecular weight is 326 g/mol. The summed E-state index contributed by atoms with van der Waals surface area (Å²) < 4.78 is 38.2. The van der Waals surface area contributed by atoms with Gasteiger partial charge in [-0.1, -0.05) is 18.2 Å². The number of fused-ring (bicyclic) bond motifs is 1. The largest absolute Gasteiger partial charge is 0.408 e. The Morgan fingerprint density at radius 2 is 1.93 bits per heavy atom. The van der Waals surface area contributed by atoms with Crippen molar-refractivity contribution in [3.05, 3.63) is 28.0 Å². The highest BCUT2D eigenvalue weighted by atomic mass is 127. The summed E-state index contributed by atoms with van der Waals surface area (Å²) in [6.07, 6.45) is -4.24. The Morgan fingerprint density at radius 3 is 2.60 bits per heavy atom. The van der Waals surface area contributed by atoms with Crippen molar-refractivity contribution in [3.8, 4) is 0 Å². The third-order valence-electron chi connectivity index (χ3n) is 1.94. The van der Waals surface area contributed by atoms with Crippen LogP contribution in [0.5, 0.6) is 0 Å². The Hall–Kier alpha value is -0.790. The number of aromatic nitrogens is 2. The molecule has 0 aliphatic carbocycles. The molecule has 0 fully saturated rings. The lowest BCUT2D eigenvalue weighted by Crippen LogP contribution is -2.18. The Morgan fingerprint density at radius 1 is 1.27 bits per heavy atom. The second-order valence-corrected chi connectivity index (χ2v) is 4.10. The molecule has 2 rings (SSSR count). The zero-order chi connectivity index (χ0) is 11.1. The normalized spacial score (nSPS) is 12.3. The topological polar surface area (TPSA) is 17.8 Å². The smallest absolute Gasteiger partial charge is 0.255 e. The van der Waals surface area contributed by atoms with Crippen LogP contribution in [0.15, 0.2) is 24.3 Å². The third kappa shape index (κ3) is 2.24. The fraction of sp³-hybridized carbons (Fsp3) is 0.222. The third-order valence-corrected chi connectivity index (χ3v) is 2.74. The summed E-state index contributed by atoms with van der Waals surface area (Å²) in [7, 11) is 0. The van der Waals surface area contributed by atoms with E-state index in [4.69, 9.17) is 0 Å². The first kappa shape index (κ1) is 10.7. The molecule has 0 radical (unpaired) electrons. The van der Waals surface area contributed by atoms with E-state index in [1.54, 1.807) is 24.3 Å². The van der Waals surface area contributed by atoms with Gasteiger partial charge in [0.15, 0.2) is 0 Å². The van der Waals surface area contributed by atoms with E-state index in [0.717, 1.165) is 10.1 Å². The van der Waals surface area contributed by atoms with Gasteiger partial charge in [0.05, 0.1) is 5.52 Å². The van der Waals surface area contributed by atoms with Crippen molar-refractivity contribution in [1.29, 1.82) is 0 Å². The number of hydrogen-bond donors (Lipinski definition) is 0. The highest BCUT2D eigenvalue weighted by Gasteiger charge is 2.29. The van der Waals surface area contributed by atoms with Gasteiger partial charge in [0, 0.05) is 5.39 Å². The second kappa shape index (κ2) is 3.66. The highest BCUT2D eigenvalue weighted by Crippen LogP contribution is 2.24. The van der Waals surface area contributed by atoms with Gasteiger partial charge in [0.1, 0.15) is 10.2 Å². The molecule has 0 saturated heterocycles. The number of alkyl halides is 3. The van der Waals surface area contributed by atoms with E-state index in [1.165, 1.54) is 0 Å². The molecule has 80 valence electrons. The minimum absolute atomic E-state index is 0.513. The number of halogens is 4. The zero-order valence-electron chi connectivity index (χ0n) is 7.42. The van der Waals surface area contributed by atoms with Crippen molar-refractivity contribution in [2.24, 2.45) is 0 Å². The van der Waals surface area contributed by atoms with Gasteiger partial charge >= 0.3 is 6.18 Å². The van der Waals surface area contributed by atoms with E-state index in [0.29, 0.717) is 9.22 Å². The molecule has 15 heavy (non-hydrogen) atoms. The lowest BCUT2D eigenvalue weighted by molar-refractivity contribution is -0.141. The minimum atomic E-state index is -4.24. The van der Waals surface area contributed by atoms with E-state index in [1.807, 2.05) is 22.6 Å². The number of nitrogens with zero attached hydrogens (tertiary/aromatic N) is 2. The van der Waals surface area contributed by atoms with Crippen molar-refractivity contribution in [3.63, 3.8) is 0 Å². The molecular formula is C9H6F3IN2. The Kier molecular flexibility index (Phi) is 2.61. The minimum Gasteiger partial charge on any atom is -0.255 e. The van der Waals surface area contributed by atoms with Crippen LogP contribution in [0.4, 0.5) is 13.2 Å². The number of hydrogen-bond acceptors (Lipinski definition) is 1. The molecule has 0 atom stereocenters. The summed E-state index contributed by atoms with van der Waals surface area (Å²) in [4.78, 5) is 0. The van der Waals surface area contributed by atoms with Crippen LogP contribution >= 0.6 is 22.6 Å². The van der Waals surface area contributed by atoms with E-state index < -0.39 is 12.7 Å². The van der Waals surface area contributed by atoms with Crippen LogP contribution < -0.4 is 0 Å². The lowest BCUT2D eigenvalue weighted by Gasteiger charge is -2.06. The Balaban J connectivity index is 2.53. The van der Waals surface area contributed by atoms with Crippen LogP contribution in [-0.4, -0.2) is 16.0 Å². The van der Waals surface area contributed by atoms with E-state index in [-0.39, 0.29) is 0 Å². The summed E-state index contributed by atoms with van der Waals surface area (Å²) in [6.45, 7) is -1.05. The summed E-state index contributed by atoms with van der Waals surface area (Å²) >= 11 is 1.93. The van der Waals surface area contributed by atoms with Crippen LogP contribution in [0.3, 0.4) is 0 Å². The molecule has 0 amide bonds. The lowest BCUT2D eigenvalue weighted by atomic mass is 10.2. The van der Waals surface area contributed by atoms with Gasteiger partial charge in [0.2, 0.25) is 0 Å². The van der Waals surface area contributed by atoms with Gasteiger partial charge in [-0.25, -0.2) is 0 Å². The molecule has 6 heteroatoms. The molecule has 2 aromatic rings. The van der Waals surface area contributed by atoms with E-state index >= 15 is 0 Å². The van der Waals surface area contributed by atoms with Gasteiger partial charge in [-0.3, -0.25) is 4.68 Å². The average Bonchev–Trinajstić information content (AvgIpc) is 2.42. The molecule has 1 heterocycles. The fourth-order valence-corrected chi connectivity index (χ4v) is 2.09. The highest BCUT2D eigenvalue weighted by molar-refractivity contribution is 14.1. The predicted molar refractivity (Wildman–Crippen MR) is 58.5 cm³/mol. The molecule has 0 aliphatic heterocycles. The molecule has 0 N–H and O–H groups in total. The summed E-state index contributed by atoms with van der Waals surface area (Å²) in [5.74, 6) is 0. The maximum Gasteiger partial charge on any atom is 0.408 e. The predicted octanol–water partition coefficient (Wildman–Crippen LogP) is 3.20. The molecule has 2 nitrogen and oxygen atoms in total. The Labute approximate surface area is 97.2 Å². The number of rotatable bonds is 1.